The average molecular weight is 126 g/mol. The molecule has 0 amide bonds. The molecule has 9 heavy (non-hydrogen) atoms. The third-order valence-electron chi connectivity index (χ3n) is 2.02. The van der Waals surface area contributed by atoms with E-state index in [1.54, 1.807) is 0 Å². The van der Waals surface area contributed by atoms with Crippen LogP contribution in [0.1, 0.15) is 33.1 Å². The van der Waals surface area contributed by atoms with Gasteiger partial charge in [0.05, 0.1) is 5.76 Å². The largest absolute Gasteiger partial charge is 0.512 e. The van der Waals surface area contributed by atoms with Gasteiger partial charge in [0.15, 0.2) is 0 Å². The fourth-order valence-electron chi connectivity index (χ4n) is 1.34. The summed E-state index contributed by atoms with van der Waals surface area (Å²) in [4.78, 5) is 0. The van der Waals surface area contributed by atoms with E-state index in [0.29, 0.717) is 5.76 Å². The zero-order valence-electron chi connectivity index (χ0n) is 6.15. The third kappa shape index (κ3) is 1.47. The molecule has 0 bridgehead atoms. The molecule has 1 aliphatic rings. The zero-order valence-corrected chi connectivity index (χ0v) is 6.15. The number of hydrogen-bond donors (Lipinski definition) is 1. The lowest BCUT2D eigenvalue weighted by atomic mass is 9.90. The summed E-state index contributed by atoms with van der Waals surface area (Å²) in [6.45, 7) is 4.25. The minimum atomic E-state index is 0.633. The molecular weight excluding hydrogens is 112 g/mol. The first-order valence-electron chi connectivity index (χ1n) is 3.57. The first-order chi connectivity index (χ1) is 4.20. The van der Waals surface area contributed by atoms with E-state index in [1.165, 1.54) is 5.57 Å². The number of allylic oxidation sites excluding steroid dienone is 2. The lowest BCUT2D eigenvalue weighted by Gasteiger charge is -2.18. The molecule has 1 atom stereocenters. The van der Waals surface area contributed by atoms with Gasteiger partial charge in [-0.3, -0.25) is 0 Å². The number of hydrogen-bond acceptors (Lipinski definition) is 1. The van der Waals surface area contributed by atoms with Crippen LogP contribution < -0.4 is 0 Å². The summed E-state index contributed by atoms with van der Waals surface area (Å²) in [6, 6.07) is 0. The van der Waals surface area contributed by atoms with Gasteiger partial charge in [-0.1, -0.05) is 6.92 Å². The Balaban J connectivity index is 2.61. The monoisotopic (exact) mass is 126 g/mol. The lowest BCUT2D eigenvalue weighted by Crippen LogP contribution is -2.05. The molecule has 0 aromatic heterocycles. The first kappa shape index (κ1) is 6.66. The molecule has 1 rings (SSSR count). The van der Waals surface area contributed by atoms with Gasteiger partial charge in [-0.25, -0.2) is 0 Å². The van der Waals surface area contributed by atoms with E-state index in [2.05, 4.69) is 6.92 Å². The van der Waals surface area contributed by atoms with Crippen LogP contribution in [0.2, 0.25) is 0 Å². The van der Waals surface area contributed by atoms with Gasteiger partial charge in [-0.2, -0.15) is 0 Å². The third-order valence-corrected chi connectivity index (χ3v) is 2.02. The van der Waals surface area contributed by atoms with Crippen molar-refractivity contribution in [2.75, 3.05) is 0 Å². The molecular formula is C8H14O. The number of aliphatic hydroxyl groups is 1. The minimum Gasteiger partial charge on any atom is -0.512 e. The summed E-state index contributed by atoms with van der Waals surface area (Å²) in [5.74, 6) is 1.41. The molecule has 1 aliphatic carbocycles. The van der Waals surface area contributed by atoms with Crippen molar-refractivity contribution < 1.29 is 5.11 Å². The second-order valence-electron chi connectivity index (χ2n) is 3.07. The topological polar surface area (TPSA) is 20.2 Å². The van der Waals surface area contributed by atoms with E-state index in [-0.39, 0.29) is 0 Å². The van der Waals surface area contributed by atoms with Crippen molar-refractivity contribution in [1.29, 1.82) is 0 Å². The van der Waals surface area contributed by atoms with E-state index in [1.807, 2.05) is 6.92 Å². The maximum absolute atomic E-state index is 9.18. The van der Waals surface area contributed by atoms with Crippen LogP contribution in [0.25, 0.3) is 0 Å². The average Bonchev–Trinajstić information content (AvgIpc) is 1.80. The van der Waals surface area contributed by atoms with Crippen molar-refractivity contribution in [3.63, 3.8) is 0 Å². The fraction of sp³-hybridized carbons (Fsp3) is 0.750. The smallest absolute Gasteiger partial charge is 0.0911 e. The molecule has 0 spiro atoms. The summed E-state index contributed by atoms with van der Waals surface area (Å²) in [6.07, 6.45) is 3.14. The van der Waals surface area contributed by atoms with Crippen LogP contribution in [0, 0.1) is 5.92 Å². The number of rotatable bonds is 0. The normalized spacial score (nSPS) is 28.9. The zero-order chi connectivity index (χ0) is 6.85. The summed E-state index contributed by atoms with van der Waals surface area (Å²) in [5, 5.41) is 9.18. The second-order valence-corrected chi connectivity index (χ2v) is 3.07. The minimum absolute atomic E-state index is 0.633. The summed E-state index contributed by atoms with van der Waals surface area (Å²) >= 11 is 0. The van der Waals surface area contributed by atoms with E-state index in [9.17, 15) is 5.11 Å². The lowest BCUT2D eigenvalue weighted by molar-refractivity contribution is 0.333. The Kier molecular flexibility index (Phi) is 1.79. The summed E-state index contributed by atoms with van der Waals surface area (Å²) in [7, 11) is 0. The Labute approximate surface area is 56.4 Å². The summed E-state index contributed by atoms with van der Waals surface area (Å²) in [5.41, 5.74) is 1.19. The maximum Gasteiger partial charge on any atom is 0.0911 e. The Morgan fingerprint density at radius 3 is 2.67 bits per heavy atom. The first-order valence-corrected chi connectivity index (χ1v) is 3.57. The highest BCUT2D eigenvalue weighted by Gasteiger charge is 2.13. The number of aliphatic hydroxyl groups excluding tert-OH is 1. The molecule has 0 radical (unpaired) electrons. The van der Waals surface area contributed by atoms with Gasteiger partial charge < -0.3 is 5.11 Å². The highest BCUT2D eigenvalue weighted by Crippen LogP contribution is 2.26. The van der Waals surface area contributed by atoms with Gasteiger partial charge in [0.2, 0.25) is 0 Å². The van der Waals surface area contributed by atoms with Gasteiger partial charge in [-0.15, -0.1) is 0 Å². The standard InChI is InChI=1S/C8H14O/c1-6-3-4-8(9)7(2)5-6/h6,9H,3-5H2,1-2H3. The molecule has 52 valence electrons. The molecule has 1 heteroatoms. The van der Waals surface area contributed by atoms with Crippen molar-refractivity contribution in [3.05, 3.63) is 11.3 Å². The van der Waals surface area contributed by atoms with Crippen molar-refractivity contribution >= 4 is 0 Å². The van der Waals surface area contributed by atoms with Crippen LogP contribution in [0.3, 0.4) is 0 Å². The van der Waals surface area contributed by atoms with Gasteiger partial charge in [-0.05, 0) is 31.3 Å². The molecule has 0 aromatic rings. The molecule has 0 saturated heterocycles. The van der Waals surface area contributed by atoms with E-state index in [0.717, 1.165) is 25.2 Å². The predicted octanol–water partition coefficient (Wildman–Crippen LogP) is 2.64. The molecule has 1 nitrogen and oxygen atoms in total. The van der Waals surface area contributed by atoms with E-state index < -0.39 is 0 Å². The Hall–Kier alpha value is -0.460. The van der Waals surface area contributed by atoms with Crippen molar-refractivity contribution in [2.45, 2.75) is 33.1 Å². The molecule has 1 unspecified atom stereocenters. The van der Waals surface area contributed by atoms with Gasteiger partial charge in [0.25, 0.3) is 0 Å². The van der Waals surface area contributed by atoms with Crippen LogP contribution in [0.5, 0.6) is 0 Å². The Morgan fingerprint density at radius 1 is 1.56 bits per heavy atom. The van der Waals surface area contributed by atoms with Gasteiger partial charge in [0, 0.05) is 6.42 Å². The SMILES string of the molecule is CC1=C(O)CCC(C)C1. The summed E-state index contributed by atoms with van der Waals surface area (Å²) < 4.78 is 0. The Morgan fingerprint density at radius 2 is 2.22 bits per heavy atom. The maximum atomic E-state index is 9.18. The van der Waals surface area contributed by atoms with E-state index >= 15 is 0 Å². The van der Waals surface area contributed by atoms with Crippen LogP contribution in [0.4, 0.5) is 0 Å². The molecule has 1 N–H and O–H groups in total. The van der Waals surface area contributed by atoms with Gasteiger partial charge in [0.1, 0.15) is 0 Å². The van der Waals surface area contributed by atoms with Crippen molar-refractivity contribution in [1.82, 2.24) is 0 Å². The Bertz CT molecular complexity index is 136. The fourth-order valence-corrected chi connectivity index (χ4v) is 1.34. The predicted molar refractivity (Wildman–Crippen MR) is 38.3 cm³/mol. The molecule has 0 fully saturated rings. The van der Waals surface area contributed by atoms with Crippen LogP contribution in [-0.2, 0) is 0 Å². The van der Waals surface area contributed by atoms with Crippen LogP contribution in [-0.4, -0.2) is 5.11 Å². The highest BCUT2D eigenvalue weighted by atomic mass is 16.3. The quantitative estimate of drug-likeness (QED) is 0.529. The molecule has 0 heterocycles. The van der Waals surface area contributed by atoms with Crippen molar-refractivity contribution in [3.8, 4) is 0 Å². The highest BCUT2D eigenvalue weighted by molar-refractivity contribution is 5.08. The van der Waals surface area contributed by atoms with Crippen molar-refractivity contribution in [2.24, 2.45) is 5.92 Å². The van der Waals surface area contributed by atoms with Crippen LogP contribution in [0.15, 0.2) is 11.3 Å². The van der Waals surface area contributed by atoms with Gasteiger partial charge >= 0.3 is 0 Å². The molecule has 0 aromatic carbocycles. The van der Waals surface area contributed by atoms with Crippen LogP contribution >= 0.6 is 0 Å². The second kappa shape index (κ2) is 2.42. The van der Waals surface area contributed by atoms with E-state index in [4.69, 9.17) is 0 Å². The molecule has 0 aliphatic heterocycles. The molecule has 0 saturated carbocycles.